The number of para-hydroxylation sites is 2. The van der Waals surface area contributed by atoms with E-state index in [-0.39, 0.29) is 17.7 Å². The van der Waals surface area contributed by atoms with Gasteiger partial charge in [-0.15, -0.1) is 0 Å². The van der Waals surface area contributed by atoms with Crippen molar-refractivity contribution >= 4 is 34.5 Å². The van der Waals surface area contributed by atoms with Crippen LogP contribution in [0.2, 0.25) is 0 Å². The van der Waals surface area contributed by atoms with Gasteiger partial charge in [0.05, 0.1) is 11.4 Å². The first-order chi connectivity index (χ1) is 14.2. The highest BCUT2D eigenvalue weighted by atomic mass is 16.2. The van der Waals surface area contributed by atoms with E-state index < -0.39 is 0 Å². The number of amides is 2. The summed E-state index contributed by atoms with van der Waals surface area (Å²) in [6.45, 7) is 1.11. The molecule has 1 aromatic heterocycles. The summed E-state index contributed by atoms with van der Waals surface area (Å²) >= 11 is 0. The van der Waals surface area contributed by atoms with Gasteiger partial charge >= 0.3 is 0 Å². The van der Waals surface area contributed by atoms with Crippen molar-refractivity contribution in [2.45, 2.75) is 12.8 Å². The van der Waals surface area contributed by atoms with Gasteiger partial charge in [0.15, 0.2) is 0 Å². The highest BCUT2D eigenvalue weighted by Gasteiger charge is 2.27. The zero-order chi connectivity index (χ0) is 20.1. The summed E-state index contributed by atoms with van der Waals surface area (Å²) in [5.41, 5.74) is 2.56. The van der Waals surface area contributed by atoms with Crippen molar-refractivity contribution in [1.29, 1.82) is 0 Å². The number of pyridine rings is 1. The molecule has 5 heteroatoms. The third-order valence-corrected chi connectivity index (χ3v) is 5.21. The number of hydrogen-bond acceptors (Lipinski definition) is 3. The number of nitrogens with zero attached hydrogens (tertiary/aromatic N) is 2. The lowest BCUT2D eigenvalue weighted by molar-refractivity contribution is -0.130. The van der Waals surface area contributed by atoms with E-state index >= 15 is 0 Å². The number of fused-ring (bicyclic) bond motifs is 1. The molecule has 0 saturated carbocycles. The third-order valence-electron chi connectivity index (χ3n) is 5.21. The Balaban J connectivity index is 1.42. The quantitative estimate of drug-likeness (QED) is 0.687. The topological polar surface area (TPSA) is 62.3 Å². The summed E-state index contributed by atoms with van der Waals surface area (Å²) in [4.78, 5) is 31.5. The molecule has 0 aliphatic carbocycles. The fourth-order valence-electron chi connectivity index (χ4n) is 3.69. The van der Waals surface area contributed by atoms with Gasteiger partial charge in [-0.2, -0.15) is 0 Å². The molecule has 1 N–H and O–H groups in total. The number of aromatic nitrogens is 1. The number of likely N-dealkylation sites (tertiary alicyclic amines) is 1. The fourth-order valence-corrected chi connectivity index (χ4v) is 3.69. The minimum atomic E-state index is -0.194. The van der Waals surface area contributed by atoms with E-state index in [2.05, 4.69) is 10.3 Å². The molecule has 5 nitrogen and oxygen atoms in total. The van der Waals surface area contributed by atoms with E-state index in [9.17, 15) is 9.59 Å². The molecular weight excluding hydrogens is 362 g/mol. The molecule has 1 fully saturated rings. The predicted octanol–water partition coefficient (Wildman–Crippen LogP) is 4.13. The first-order valence-corrected chi connectivity index (χ1v) is 9.87. The number of benzene rings is 2. The van der Waals surface area contributed by atoms with E-state index in [4.69, 9.17) is 0 Å². The van der Waals surface area contributed by atoms with Gasteiger partial charge in [0, 0.05) is 42.0 Å². The van der Waals surface area contributed by atoms with Gasteiger partial charge in [0.1, 0.15) is 0 Å². The predicted molar refractivity (Wildman–Crippen MR) is 115 cm³/mol. The zero-order valence-corrected chi connectivity index (χ0v) is 16.1. The molecule has 1 atom stereocenters. The van der Waals surface area contributed by atoms with Crippen LogP contribution in [0.1, 0.15) is 18.4 Å². The van der Waals surface area contributed by atoms with Crippen LogP contribution in [0.25, 0.3) is 17.0 Å². The van der Waals surface area contributed by atoms with Crippen LogP contribution in [0.4, 0.5) is 5.69 Å². The standard InChI is InChI=1S/C24H23N3O2/c28-22(14-13-19-8-4-7-18-9-5-15-25-23(18)19)27-16-6-10-20(17-27)24(29)26-21-11-2-1-3-12-21/h1-5,7-9,11-15,20H,6,10,16-17H2,(H,26,29). The summed E-state index contributed by atoms with van der Waals surface area (Å²) in [5, 5.41) is 3.99. The Labute approximate surface area is 170 Å². The maximum atomic E-state index is 12.7. The molecule has 0 spiro atoms. The SMILES string of the molecule is O=C(Nc1ccccc1)C1CCCN(C(=O)C=Cc2cccc3cccnc23)C1. The van der Waals surface area contributed by atoms with Crippen LogP contribution in [-0.2, 0) is 9.59 Å². The minimum Gasteiger partial charge on any atom is -0.338 e. The Morgan fingerprint density at radius 3 is 2.72 bits per heavy atom. The van der Waals surface area contributed by atoms with Gasteiger partial charge in [0.25, 0.3) is 0 Å². The van der Waals surface area contributed by atoms with Crippen LogP contribution < -0.4 is 5.32 Å². The second-order valence-corrected chi connectivity index (χ2v) is 7.23. The van der Waals surface area contributed by atoms with Gasteiger partial charge in [-0.25, -0.2) is 0 Å². The average molecular weight is 385 g/mol. The van der Waals surface area contributed by atoms with E-state index in [1.165, 1.54) is 0 Å². The van der Waals surface area contributed by atoms with Crippen LogP contribution >= 0.6 is 0 Å². The molecule has 3 aromatic rings. The minimum absolute atomic E-state index is 0.0315. The molecule has 1 aliphatic heterocycles. The molecule has 2 heterocycles. The van der Waals surface area contributed by atoms with Crippen LogP contribution in [0.15, 0.2) is 72.9 Å². The normalized spacial score (nSPS) is 16.8. The van der Waals surface area contributed by atoms with Crippen molar-refractivity contribution in [2.24, 2.45) is 5.92 Å². The Hall–Kier alpha value is -3.47. The van der Waals surface area contributed by atoms with Crippen LogP contribution in [-0.4, -0.2) is 34.8 Å². The van der Waals surface area contributed by atoms with Gasteiger partial charge in [-0.05, 0) is 37.1 Å². The van der Waals surface area contributed by atoms with Gasteiger partial charge in [-0.1, -0.05) is 42.5 Å². The maximum Gasteiger partial charge on any atom is 0.246 e. The zero-order valence-electron chi connectivity index (χ0n) is 16.1. The van der Waals surface area contributed by atoms with E-state index in [1.807, 2.05) is 66.7 Å². The molecule has 4 rings (SSSR count). The number of piperidine rings is 1. The molecule has 0 radical (unpaired) electrons. The van der Waals surface area contributed by atoms with E-state index in [0.717, 1.165) is 35.0 Å². The lowest BCUT2D eigenvalue weighted by Gasteiger charge is -2.31. The molecule has 1 unspecified atom stereocenters. The summed E-state index contributed by atoms with van der Waals surface area (Å²) in [6, 6.07) is 19.2. The number of carbonyl (C=O) groups is 2. The van der Waals surface area contributed by atoms with Gasteiger partial charge < -0.3 is 10.2 Å². The Kier molecular flexibility index (Phi) is 5.66. The van der Waals surface area contributed by atoms with Crippen molar-refractivity contribution in [1.82, 2.24) is 9.88 Å². The first-order valence-electron chi connectivity index (χ1n) is 9.87. The highest BCUT2D eigenvalue weighted by Crippen LogP contribution is 2.20. The lowest BCUT2D eigenvalue weighted by atomic mass is 9.97. The molecule has 146 valence electrons. The summed E-state index contributed by atoms with van der Waals surface area (Å²) in [7, 11) is 0. The third kappa shape index (κ3) is 4.51. The average Bonchev–Trinajstić information content (AvgIpc) is 2.78. The summed E-state index contributed by atoms with van der Waals surface area (Å²) in [5.74, 6) is -0.299. The summed E-state index contributed by atoms with van der Waals surface area (Å²) < 4.78 is 0. The fraction of sp³-hybridized carbons (Fsp3) is 0.208. The van der Waals surface area contributed by atoms with Crippen LogP contribution in [0.3, 0.4) is 0 Å². The maximum absolute atomic E-state index is 12.7. The van der Waals surface area contributed by atoms with Crippen LogP contribution in [0, 0.1) is 5.92 Å². The highest BCUT2D eigenvalue weighted by molar-refractivity contribution is 5.96. The smallest absolute Gasteiger partial charge is 0.246 e. The van der Waals surface area contributed by atoms with Gasteiger partial charge in [-0.3, -0.25) is 14.6 Å². The molecule has 0 bridgehead atoms. The molecule has 2 amide bonds. The van der Waals surface area contributed by atoms with E-state index in [0.29, 0.717) is 13.1 Å². The summed E-state index contributed by atoms with van der Waals surface area (Å²) in [6.07, 6.45) is 6.76. The number of anilines is 1. The molecule has 29 heavy (non-hydrogen) atoms. The Morgan fingerprint density at radius 2 is 1.86 bits per heavy atom. The van der Waals surface area contributed by atoms with E-state index in [1.54, 1.807) is 17.2 Å². The van der Waals surface area contributed by atoms with Crippen molar-refractivity contribution < 1.29 is 9.59 Å². The second-order valence-electron chi connectivity index (χ2n) is 7.23. The van der Waals surface area contributed by atoms with Gasteiger partial charge in [0.2, 0.25) is 11.8 Å². The van der Waals surface area contributed by atoms with Crippen LogP contribution in [0.5, 0.6) is 0 Å². The number of hydrogen-bond donors (Lipinski definition) is 1. The monoisotopic (exact) mass is 385 g/mol. The van der Waals surface area contributed by atoms with Crippen molar-refractivity contribution in [2.75, 3.05) is 18.4 Å². The Morgan fingerprint density at radius 1 is 1.03 bits per heavy atom. The lowest BCUT2D eigenvalue weighted by Crippen LogP contribution is -2.43. The molecule has 1 aliphatic rings. The second kappa shape index (κ2) is 8.69. The van der Waals surface area contributed by atoms with Crippen molar-refractivity contribution in [3.8, 4) is 0 Å². The molecular formula is C24H23N3O2. The van der Waals surface area contributed by atoms with Crippen molar-refractivity contribution in [3.05, 3.63) is 78.5 Å². The number of nitrogens with one attached hydrogen (secondary N) is 1. The largest absolute Gasteiger partial charge is 0.338 e. The number of rotatable bonds is 4. The first kappa shape index (κ1) is 18.9. The molecule has 1 saturated heterocycles. The number of carbonyl (C=O) groups excluding carboxylic acids is 2. The Bertz CT molecular complexity index is 1040. The van der Waals surface area contributed by atoms with Crippen molar-refractivity contribution in [3.63, 3.8) is 0 Å². The molecule has 2 aromatic carbocycles.